The molecule has 0 N–H and O–H groups in total. The van der Waals surface area contributed by atoms with Crippen molar-refractivity contribution in [3.8, 4) is 0 Å². The van der Waals surface area contributed by atoms with Gasteiger partial charge in [-0.05, 0) is 45.7 Å². The number of hydrogen-bond donors (Lipinski definition) is 0. The number of nitrogens with zero attached hydrogens (tertiary/aromatic N) is 4. The van der Waals surface area contributed by atoms with Crippen LogP contribution in [0.3, 0.4) is 0 Å². The summed E-state index contributed by atoms with van der Waals surface area (Å²) in [7, 11) is 1.80. The van der Waals surface area contributed by atoms with Gasteiger partial charge in [0.05, 0.1) is 11.3 Å². The lowest BCUT2D eigenvalue weighted by Gasteiger charge is -2.08. The summed E-state index contributed by atoms with van der Waals surface area (Å²) in [6, 6.07) is 4.10. The van der Waals surface area contributed by atoms with Gasteiger partial charge in [0.2, 0.25) is 5.78 Å². The van der Waals surface area contributed by atoms with Crippen LogP contribution in [0.15, 0.2) is 18.3 Å². The van der Waals surface area contributed by atoms with Crippen LogP contribution in [0, 0.1) is 20.8 Å². The molecule has 0 aromatic carbocycles. The third-order valence-electron chi connectivity index (χ3n) is 5.13. The van der Waals surface area contributed by atoms with Gasteiger partial charge in [0, 0.05) is 41.6 Å². The fourth-order valence-electron chi connectivity index (χ4n) is 3.67. The summed E-state index contributed by atoms with van der Waals surface area (Å²) >= 11 is 0. The molecule has 1 saturated carbocycles. The highest BCUT2D eigenvalue weighted by atomic mass is 16.5. The Labute approximate surface area is 156 Å². The number of carbonyl (C=O) groups is 2. The van der Waals surface area contributed by atoms with Gasteiger partial charge in [0.15, 0.2) is 12.3 Å². The second-order valence-corrected chi connectivity index (χ2v) is 7.19. The van der Waals surface area contributed by atoms with Crippen LogP contribution in [-0.4, -0.2) is 37.7 Å². The minimum absolute atomic E-state index is 0.185. The van der Waals surface area contributed by atoms with Crippen molar-refractivity contribution in [1.82, 2.24) is 19.3 Å². The van der Waals surface area contributed by atoms with Gasteiger partial charge in [-0.25, -0.2) is 9.78 Å². The van der Waals surface area contributed by atoms with Crippen molar-refractivity contribution in [2.24, 2.45) is 7.05 Å². The van der Waals surface area contributed by atoms with E-state index in [1.807, 2.05) is 26.8 Å². The zero-order valence-corrected chi connectivity index (χ0v) is 15.9. The van der Waals surface area contributed by atoms with E-state index < -0.39 is 5.97 Å². The van der Waals surface area contributed by atoms with Gasteiger partial charge in [0.1, 0.15) is 0 Å². The van der Waals surface area contributed by atoms with E-state index in [-0.39, 0.29) is 12.4 Å². The number of pyridine rings is 1. The van der Waals surface area contributed by atoms with Gasteiger partial charge in [-0.1, -0.05) is 0 Å². The highest BCUT2D eigenvalue weighted by molar-refractivity contribution is 6.01. The monoisotopic (exact) mass is 366 g/mol. The van der Waals surface area contributed by atoms with E-state index in [1.54, 1.807) is 17.8 Å². The SMILES string of the molecule is Cc1nn(C)c2ncc(C(=O)OCC(=O)c3cc(C)n(C4CC4)c3C)cc12. The molecule has 0 unspecified atom stereocenters. The van der Waals surface area contributed by atoms with Gasteiger partial charge < -0.3 is 9.30 Å². The Morgan fingerprint density at radius 2 is 1.96 bits per heavy atom. The minimum Gasteiger partial charge on any atom is -0.454 e. The number of ether oxygens (including phenoxy) is 1. The predicted octanol–water partition coefficient (Wildman–Crippen LogP) is 3.07. The number of ketones is 1. The first-order valence-corrected chi connectivity index (χ1v) is 9.05. The quantitative estimate of drug-likeness (QED) is 0.512. The molecule has 0 spiro atoms. The maximum atomic E-state index is 12.6. The number of aryl methyl sites for hydroxylation is 3. The number of fused-ring (bicyclic) bond motifs is 1. The van der Waals surface area contributed by atoms with Crippen molar-refractivity contribution in [3.05, 3.63) is 46.5 Å². The molecule has 0 saturated heterocycles. The smallest absolute Gasteiger partial charge is 0.340 e. The topological polar surface area (TPSA) is 79.0 Å². The molecule has 7 nitrogen and oxygen atoms in total. The molecular formula is C20H22N4O3. The lowest BCUT2D eigenvalue weighted by Crippen LogP contribution is -2.15. The number of carbonyl (C=O) groups excluding carboxylic acids is 2. The Morgan fingerprint density at radius 1 is 1.22 bits per heavy atom. The van der Waals surface area contributed by atoms with E-state index in [1.165, 1.54) is 6.20 Å². The van der Waals surface area contributed by atoms with Crippen molar-refractivity contribution in [1.29, 1.82) is 0 Å². The van der Waals surface area contributed by atoms with E-state index in [2.05, 4.69) is 14.6 Å². The first kappa shape index (κ1) is 17.5. The Hall–Kier alpha value is -2.96. The Balaban J connectivity index is 1.48. The van der Waals surface area contributed by atoms with E-state index >= 15 is 0 Å². The molecule has 7 heteroatoms. The third-order valence-corrected chi connectivity index (χ3v) is 5.13. The fourth-order valence-corrected chi connectivity index (χ4v) is 3.67. The van der Waals surface area contributed by atoms with Gasteiger partial charge >= 0.3 is 5.97 Å². The van der Waals surface area contributed by atoms with Crippen molar-refractivity contribution >= 4 is 22.8 Å². The lowest BCUT2D eigenvalue weighted by atomic mass is 10.1. The summed E-state index contributed by atoms with van der Waals surface area (Å²) in [6.45, 7) is 5.53. The predicted molar refractivity (Wildman–Crippen MR) is 100 cm³/mol. The molecule has 1 aliphatic carbocycles. The number of Topliss-reactive ketones (excluding diaryl/α,β-unsaturated/α-hetero) is 1. The van der Waals surface area contributed by atoms with Gasteiger partial charge in [-0.3, -0.25) is 9.48 Å². The van der Waals surface area contributed by atoms with Crippen LogP contribution >= 0.6 is 0 Å². The Kier molecular flexibility index (Phi) is 4.09. The molecule has 1 fully saturated rings. The normalized spacial score (nSPS) is 13.9. The zero-order valence-electron chi connectivity index (χ0n) is 15.9. The van der Waals surface area contributed by atoms with Crippen LogP contribution in [0.25, 0.3) is 11.0 Å². The summed E-state index contributed by atoms with van der Waals surface area (Å²) in [5.41, 5.74) is 4.46. The molecule has 4 rings (SSSR count). The summed E-state index contributed by atoms with van der Waals surface area (Å²) in [5, 5.41) is 5.09. The Bertz CT molecular complexity index is 1070. The van der Waals surface area contributed by atoms with Crippen LogP contribution in [0.1, 0.15) is 56.7 Å². The molecule has 0 bridgehead atoms. The first-order chi connectivity index (χ1) is 12.9. The standard InChI is InChI=1S/C20H22N4O3/c1-11-7-17(13(3)24(11)15-5-6-15)18(25)10-27-20(26)14-8-16-12(2)22-23(4)19(16)21-9-14/h7-9,15H,5-6,10H2,1-4H3. The van der Waals surface area contributed by atoms with Crippen LogP contribution in [-0.2, 0) is 11.8 Å². The van der Waals surface area contributed by atoms with Gasteiger partial charge in [-0.2, -0.15) is 5.10 Å². The van der Waals surface area contributed by atoms with Crippen LogP contribution in [0.5, 0.6) is 0 Å². The average Bonchev–Trinajstić information content (AvgIpc) is 3.37. The van der Waals surface area contributed by atoms with Crippen LogP contribution in [0.4, 0.5) is 0 Å². The van der Waals surface area contributed by atoms with Gasteiger partial charge in [-0.15, -0.1) is 0 Å². The summed E-state index contributed by atoms with van der Waals surface area (Å²) in [5.74, 6) is -0.744. The third kappa shape index (κ3) is 3.03. The molecule has 1 aliphatic rings. The molecule has 3 aromatic heterocycles. The van der Waals surface area contributed by atoms with Crippen LogP contribution in [0.2, 0.25) is 0 Å². The highest BCUT2D eigenvalue weighted by Gasteiger charge is 2.28. The number of esters is 1. The summed E-state index contributed by atoms with van der Waals surface area (Å²) in [4.78, 5) is 29.2. The van der Waals surface area contributed by atoms with E-state index in [4.69, 9.17) is 4.74 Å². The fraction of sp³-hybridized carbons (Fsp3) is 0.400. The van der Waals surface area contributed by atoms with Gasteiger partial charge in [0.25, 0.3) is 0 Å². The van der Waals surface area contributed by atoms with Crippen molar-refractivity contribution < 1.29 is 14.3 Å². The number of rotatable bonds is 5. The van der Waals surface area contributed by atoms with E-state index in [0.717, 1.165) is 35.3 Å². The Morgan fingerprint density at radius 3 is 2.67 bits per heavy atom. The maximum absolute atomic E-state index is 12.6. The minimum atomic E-state index is -0.558. The average molecular weight is 366 g/mol. The largest absolute Gasteiger partial charge is 0.454 e. The van der Waals surface area contributed by atoms with Crippen LogP contribution < -0.4 is 0 Å². The van der Waals surface area contributed by atoms with E-state index in [9.17, 15) is 9.59 Å². The molecule has 0 atom stereocenters. The lowest BCUT2D eigenvalue weighted by molar-refractivity contribution is 0.0474. The number of hydrogen-bond acceptors (Lipinski definition) is 5. The molecule has 0 radical (unpaired) electrons. The molecule has 0 aliphatic heterocycles. The molecule has 140 valence electrons. The maximum Gasteiger partial charge on any atom is 0.340 e. The van der Waals surface area contributed by atoms with Crippen molar-refractivity contribution in [2.45, 2.75) is 39.7 Å². The molecule has 3 aromatic rings. The zero-order chi connectivity index (χ0) is 19.3. The van der Waals surface area contributed by atoms with Crippen molar-refractivity contribution in [2.75, 3.05) is 6.61 Å². The molecule has 27 heavy (non-hydrogen) atoms. The highest BCUT2D eigenvalue weighted by Crippen LogP contribution is 2.38. The first-order valence-electron chi connectivity index (χ1n) is 9.05. The summed E-state index contributed by atoms with van der Waals surface area (Å²) < 4.78 is 9.13. The summed E-state index contributed by atoms with van der Waals surface area (Å²) in [6.07, 6.45) is 3.76. The molecular weight excluding hydrogens is 344 g/mol. The molecule has 0 amide bonds. The molecule has 3 heterocycles. The van der Waals surface area contributed by atoms with E-state index in [0.29, 0.717) is 22.8 Å². The second-order valence-electron chi connectivity index (χ2n) is 7.19. The van der Waals surface area contributed by atoms with Crippen molar-refractivity contribution in [3.63, 3.8) is 0 Å². The second kappa shape index (κ2) is 6.33. The number of aromatic nitrogens is 4.